The van der Waals surface area contributed by atoms with Gasteiger partial charge in [0.15, 0.2) is 0 Å². The maximum absolute atomic E-state index is 5.59. The average Bonchev–Trinajstić information content (AvgIpc) is 2.45. The van der Waals surface area contributed by atoms with Crippen molar-refractivity contribution in [3.8, 4) is 11.5 Å². The molecule has 0 atom stereocenters. The second-order valence-corrected chi connectivity index (χ2v) is 3.69. The Hall–Kier alpha value is -2.23. The summed E-state index contributed by atoms with van der Waals surface area (Å²) in [7, 11) is 1.65. The summed E-state index contributed by atoms with van der Waals surface area (Å²) in [6.45, 7) is 1.33. The molecule has 1 heterocycles. The topological polar surface area (TPSA) is 43.4 Å². The van der Waals surface area contributed by atoms with Gasteiger partial charge in [-0.05, 0) is 36.4 Å². The number of nitrogens with zero attached hydrogens (tertiary/aromatic N) is 1. The Morgan fingerprint density at radius 1 is 1.11 bits per heavy atom. The van der Waals surface area contributed by atoms with Gasteiger partial charge in [-0.15, -0.1) is 0 Å². The molecule has 1 aromatic carbocycles. The number of methoxy groups -OCH3 is 1. The molecule has 0 bridgehead atoms. The van der Waals surface area contributed by atoms with Crippen molar-refractivity contribution in [3.05, 3.63) is 48.8 Å². The Kier molecular flexibility index (Phi) is 4.41. The molecule has 1 aromatic heterocycles. The van der Waals surface area contributed by atoms with Gasteiger partial charge >= 0.3 is 0 Å². The summed E-state index contributed by atoms with van der Waals surface area (Å²) in [5.41, 5.74) is 0.996. The van der Waals surface area contributed by atoms with Crippen LogP contribution < -0.4 is 14.8 Å². The third-order valence-corrected chi connectivity index (χ3v) is 2.42. The van der Waals surface area contributed by atoms with Crippen LogP contribution in [0, 0.1) is 0 Å². The van der Waals surface area contributed by atoms with Crippen LogP contribution in [0.1, 0.15) is 0 Å². The summed E-state index contributed by atoms with van der Waals surface area (Å²) < 4.78 is 10.7. The fourth-order valence-corrected chi connectivity index (χ4v) is 1.50. The van der Waals surface area contributed by atoms with E-state index in [9.17, 15) is 0 Å². The van der Waals surface area contributed by atoms with E-state index in [1.54, 1.807) is 19.5 Å². The predicted molar refractivity (Wildman–Crippen MR) is 71.2 cm³/mol. The van der Waals surface area contributed by atoms with E-state index in [0.29, 0.717) is 6.61 Å². The summed E-state index contributed by atoms with van der Waals surface area (Å²) in [6, 6.07) is 11.4. The monoisotopic (exact) mass is 244 g/mol. The first-order valence-corrected chi connectivity index (χ1v) is 5.79. The first-order chi connectivity index (χ1) is 8.88. The Balaban J connectivity index is 1.72. The van der Waals surface area contributed by atoms with Gasteiger partial charge in [-0.2, -0.15) is 0 Å². The minimum atomic E-state index is 0.598. The summed E-state index contributed by atoms with van der Waals surface area (Å²) in [5, 5.41) is 3.23. The fraction of sp³-hybridized carbons (Fsp3) is 0.214. The molecule has 0 aliphatic carbocycles. The lowest BCUT2D eigenvalue weighted by Gasteiger charge is -2.08. The first-order valence-electron chi connectivity index (χ1n) is 5.79. The van der Waals surface area contributed by atoms with E-state index in [1.165, 1.54) is 0 Å². The van der Waals surface area contributed by atoms with Crippen molar-refractivity contribution >= 4 is 5.69 Å². The maximum Gasteiger partial charge on any atom is 0.119 e. The van der Waals surface area contributed by atoms with Crippen LogP contribution in [-0.4, -0.2) is 25.2 Å². The molecule has 2 rings (SSSR count). The van der Waals surface area contributed by atoms with E-state index in [1.807, 2.05) is 36.4 Å². The molecular weight excluding hydrogens is 228 g/mol. The number of nitrogens with one attached hydrogen (secondary N) is 1. The van der Waals surface area contributed by atoms with E-state index < -0.39 is 0 Å². The lowest BCUT2D eigenvalue weighted by Crippen LogP contribution is -2.11. The van der Waals surface area contributed by atoms with Crippen LogP contribution >= 0.6 is 0 Å². The van der Waals surface area contributed by atoms with Crippen molar-refractivity contribution in [2.75, 3.05) is 25.6 Å². The zero-order chi connectivity index (χ0) is 12.6. The molecule has 0 saturated heterocycles. The van der Waals surface area contributed by atoms with E-state index >= 15 is 0 Å². The molecule has 0 saturated carbocycles. The lowest BCUT2D eigenvalue weighted by molar-refractivity contribution is 0.332. The number of rotatable bonds is 6. The van der Waals surface area contributed by atoms with Crippen molar-refractivity contribution < 1.29 is 9.47 Å². The Morgan fingerprint density at radius 3 is 2.56 bits per heavy atom. The Morgan fingerprint density at radius 2 is 1.89 bits per heavy atom. The summed E-state index contributed by atoms with van der Waals surface area (Å²) in [5.74, 6) is 1.67. The molecule has 0 unspecified atom stereocenters. The Labute approximate surface area is 107 Å². The van der Waals surface area contributed by atoms with Crippen LogP contribution in [-0.2, 0) is 0 Å². The lowest BCUT2D eigenvalue weighted by atomic mass is 10.3. The molecule has 0 fully saturated rings. The number of hydrogen-bond acceptors (Lipinski definition) is 4. The molecule has 0 aliphatic heterocycles. The molecule has 4 nitrogen and oxygen atoms in total. The molecule has 0 radical (unpaired) electrons. The zero-order valence-electron chi connectivity index (χ0n) is 10.3. The quantitative estimate of drug-likeness (QED) is 0.793. The summed E-state index contributed by atoms with van der Waals surface area (Å²) in [4.78, 5) is 4.02. The molecule has 18 heavy (non-hydrogen) atoms. The highest BCUT2D eigenvalue weighted by molar-refractivity contribution is 5.39. The molecule has 4 heteroatoms. The Bertz CT molecular complexity index is 457. The number of benzene rings is 1. The number of hydrogen-bond donors (Lipinski definition) is 1. The van der Waals surface area contributed by atoms with Crippen LogP contribution in [0.2, 0.25) is 0 Å². The summed E-state index contributed by atoms with van der Waals surface area (Å²) in [6.07, 6.45) is 3.53. The van der Waals surface area contributed by atoms with Crippen molar-refractivity contribution in [2.24, 2.45) is 0 Å². The van der Waals surface area contributed by atoms with Gasteiger partial charge in [-0.1, -0.05) is 0 Å². The minimum absolute atomic E-state index is 0.598. The zero-order valence-corrected chi connectivity index (χ0v) is 10.3. The third-order valence-electron chi connectivity index (χ3n) is 2.42. The van der Waals surface area contributed by atoms with Crippen LogP contribution in [0.3, 0.4) is 0 Å². The van der Waals surface area contributed by atoms with Gasteiger partial charge in [0.05, 0.1) is 12.8 Å². The number of anilines is 1. The second kappa shape index (κ2) is 6.49. The van der Waals surface area contributed by atoms with Crippen molar-refractivity contribution in [1.29, 1.82) is 0 Å². The number of ether oxygens (including phenoxy) is 2. The van der Waals surface area contributed by atoms with Crippen molar-refractivity contribution in [1.82, 2.24) is 4.98 Å². The molecular formula is C14H16N2O2. The molecule has 2 aromatic rings. The van der Waals surface area contributed by atoms with Gasteiger partial charge < -0.3 is 14.8 Å². The minimum Gasteiger partial charge on any atom is -0.497 e. The van der Waals surface area contributed by atoms with E-state index in [-0.39, 0.29) is 0 Å². The normalized spacial score (nSPS) is 9.83. The van der Waals surface area contributed by atoms with Gasteiger partial charge in [0.1, 0.15) is 18.1 Å². The standard InChI is InChI=1S/C14H16N2O2/c1-17-13-4-6-14(7-5-13)18-10-9-16-12-3-2-8-15-11-12/h2-8,11,16H,9-10H2,1H3. The highest BCUT2D eigenvalue weighted by Gasteiger charge is 1.95. The van der Waals surface area contributed by atoms with Crippen LogP contribution in [0.15, 0.2) is 48.8 Å². The van der Waals surface area contributed by atoms with Gasteiger partial charge in [-0.3, -0.25) is 4.98 Å². The summed E-state index contributed by atoms with van der Waals surface area (Å²) >= 11 is 0. The van der Waals surface area contributed by atoms with E-state index in [2.05, 4.69) is 10.3 Å². The number of pyridine rings is 1. The molecule has 0 aliphatic rings. The maximum atomic E-state index is 5.59. The van der Waals surface area contributed by atoms with Gasteiger partial charge in [0, 0.05) is 18.9 Å². The van der Waals surface area contributed by atoms with Gasteiger partial charge in [0.2, 0.25) is 0 Å². The van der Waals surface area contributed by atoms with Crippen LogP contribution in [0.4, 0.5) is 5.69 Å². The highest BCUT2D eigenvalue weighted by atomic mass is 16.5. The third kappa shape index (κ3) is 3.66. The van der Waals surface area contributed by atoms with Crippen LogP contribution in [0.5, 0.6) is 11.5 Å². The fourth-order valence-electron chi connectivity index (χ4n) is 1.50. The van der Waals surface area contributed by atoms with E-state index in [4.69, 9.17) is 9.47 Å². The highest BCUT2D eigenvalue weighted by Crippen LogP contribution is 2.16. The van der Waals surface area contributed by atoms with Gasteiger partial charge in [0.25, 0.3) is 0 Å². The molecule has 94 valence electrons. The molecule has 1 N–H and O–H groups in total. The SMILES string of the molecule is COc1ccc(OCCNc2cccnc2)cc1. The molecule has 0 spiro atoms. The average molecular weight is 244 g/mol. The second-order valence-electron chi connectivity index (χ2n) is 3.69. The van der Waals surface area contributed by atoms with E-state index in [0.717, 1.165) is 23.7 Å². The largest absolute Gasteiger partial charge is 0.497 e. The number of aromatic nitrogens is 1. The first kappa shape index (κ1) is 12.2. The van der Waals surface area contributed by atoms with Gasteiger partial charge in [-0.25, -0.2) is 0 Å². The molecule has 0 amide bonds. The smallest absolute Gasteiger partial charge is 0.119 e. The van der Waals surface area contributed by atoms with Crippen molar-refractivity contribution in [3.63, 3.8) is 0 Å². The van der Waals surface area contributed by atoms with Crippen LogP contribution in [0.25, 0.3) is 0 Å². The predicted octanol–water partition coefficient (Wildman–Crippen LogP) is 2.58. The van der Waals surface area contributed by atoms with Crippen molar-refractivity contribution in [2.45, 2.75) is 0 Å².